The van der Waals surface area contributed by atoms with E-state index in [4.69, 9.17) is 5.73 Å². The van der Waals surface area contributed by atoms with Crippen LogP contribution in [0.4, 0.5) is 0 Å². The van der Waals surface area contributed by atoms with E-state index in [0.29, 0.717) is 11.5 Å². The number of rotatable bonds is 1. The Kier molecular flexibility index (Phi) is 4.85. The summed E-state index contributed by atoms with van der Waals surface area (Å²) in [5.41, 5.74) is 6.27. The lowest BCUT2D eigenvalue weighted by atomic mass is 9.67. The molecule has 1 saturated heterocycles. The van der Waals surface area contributed by atoms with Crippen molar-refractivity contribution in [3.8, 4) is 0 Å². The minimum absolute atomic E-state index is 0. The second-order valence-electron chi connectivity index (χ2n) is 3.87. The highest BCUT2D eigenvalue weighted by Crippen LogP contribution is 2.46. The molecular formula is C8H18Cl2N2. The van der Waals surface area contributed by atoms with Gasteiger partial charge in [-0.25, -0.2) is 0 Å². The van der Waals surface area contributed by atoms with Crippen LogP contribution in [-0.2, 0) is 0 Å². The molecule has 12 heavy (non-hydrogen) atoms. The molecule has 1 spiro atoms. The van der Waals surface area contributed by atoms with Gasteiger partial charge in [-0.2, -0.15) is 0 Å². The predicted molar refractivity (Wildman–Crippen MR) is 56.2 cm³/mol. The first kappa shape index (κ1) is 12.5. The molecule has 0 aromatic rings. The molecule has 0 aromatic heterocycles. The molecule has 2 nitrogen and oxygen atoms in total. The van der Waals surface area contributed by atoms with Crippen LogP contribution >= 0.6 is 24.8 Å². The van der Waals surface area contributed by atoms with Crippen LogP contribution in [0.3, 0.4) is 0 Å². The maximum atomic E-state index is 5.57. The Hall–Kier alpha value is 0.500. The molecular weight excluding hydrogens is 195 g/mol. The van der Waals surface area contributed by atoms with Gasteiger partial charge in [0, 0.05) is 19.1 Å². The molecule has 1 aliphatic heterocycles. The van der Waals surface area contributed by atoms with Crippen molar-refractivity contribution >= 4 is 24.8 Å². The fourth-order valence-corrected chi connectivity index (χ4v) is 2.25. The van der Waals surface area contributed by atoms with Crippen molar-refractivity contribution in [2.24, 2.45) is 11.1 Å². The van der Waals surface area contributed by atoms with Gasteiger partial charge in [-0.1, -0.05) is 6.42 Å². The first-order chi connectivity index (χ1) is 4.85. The van der Waals surface area contributed by atoms with E-state index in [1.807, 2.05) is 0 Å². The van der Waals surface area contributed by atoms with Crippen LogP contribution in [0.1, 0.15) is 25.7 Å². The van der Waals surface area contributed by atoms with Crippen molar-refractivity contribution in [2.45, 2.75) is 31.7 Å². The Morgan fingerprint density at radius 2 is 2.00 bits per heavy atom. The molecule has 1 unspecified atom stereocenters. The molecule has 2 aliphatic rings. The lowest BCUT2D eigenvalue weighted by molar-refractivity contribution is 0.159. The quantitative estimate of drug-likeness (QED) is 0.689. The van der Waals surface area contributed by atoms with Crippen molar-refractivity contribution in [1.29, 1.82) is 0 Å². The summed E-state index contributed by atoms with van der Waals surface area (Å²) in [4.78, 5) is 0. The number of hydrogen-bond donors (Lipinski definition) is 2. The maximum Gasteiger partial charge on any atom is 0.0196 e. The van der Waals surface area contributed by atoms with Gasteiger partial charge in [0.25, 0.3) is 0 Å². The molecule has 0 bridgehead atoms. The average Bonchev–Trinajstić information content (AvgIpc) is 2.29. The minimum Gasteiger partial charge on any atom is -0.329 e. The summed E-state index contributed by atoms with van der Waals surface area (Å²) in [5.74, 6) is 0. The highest BCUT2D eigenvalue weighted by atomic mass is 35.5. The van der Waals surface area contributed by atoms with Crippen molar-refractivity contribution in [3.63, 3.8) is 0 Å². The van der Waals surface area contributed by atoms with Crippen LogP contribution in [-0.4, -0.2) is 19.1 Å². The number of halogens is 2. The van der Waals surface area contributed by atoms with Crippen LogP contribution in [0.15, 0.2) is 0 Å². The summed E-state index contributed by atoms with van der Waals surface area (Å²) in [7, 11) is 0. The van der Waals surface area contributed by atoms with E-state index in [2.05, 4.69) is 5.32 Å². The van der Waals surface area contributed by atoms with Crippen LogP contribution in [0.2, 0.25) is 0 Å². The van der Waals surface area contributed by atoms with Crippen molar-refractivity contribution < 1.29 is 0 Å². The Bertz CT molecular complexity index is 137. The van der Waals surface area contributed by atoms with E-state index in [1.54, 1.807) is 0 Å². The van der Waals surface area contributed by atoms with Crippen LogP contribution in [0.25, 0.3) is 0 Å². The summed E-state index contributed by atoms with van der Waals surface area (Å²) in [6.45, 7) is 2.05. The van der Waals surface area contributed by atoms with E-state index in [0.717, 1.165) is 6.54 Å². The molecule has 3 N–H and O–H groups in total. The van der Waals surface area contributed by atoms with E-state index in [9.17, 15) is 0 Å². The lowest BCUT2D eigenvalue weighted by Crippen LogP contribution is -2.31. The van der Waals surface area contributed by atoms with Gasteiger partial charge in [-0.3, -0.25) is 0 Å². The Labute approximate surface area is 86.5 Å². The molecule has 2 fully saturated rings. The van der Waals surface area contributed by atoms with Gasteiger partial charge in [0.05, 0.1) is 0 Å². The largest absolute Gasteiger partial charge is 0.329 e. The zero-order valence-electron chi connectivity index (χ0n) is 7.21. The van der Waals surface area contributed by atoms with Crippen LogP contribution in [0, 0.1) is 5.41 Å². The minimum atomic E-state index is 0. The topological polar surface area (TPSA) is 38.0 Å². The van der Waals surface area contributed by atoms with E-state index >= 15 is 0 Å². The third kappa shape index (κ3) is 2.05. The molecule has 2 rings (SSSR count). The average molecular weight is 213 g/mol. The van der Waals surface area contributed by atoms with Gasteiger partial charge in [0.15, 0.2) is 0 Å². The van der Waals surface area contributed by atoms with Crippen molar-refractivity contribution in [1.82, 2.24) is 5.32 Å². The number of nitrogens with two attached hydrogens (primary N) is 1. The second kappa shape index (κ2) is 4.66. The molecule has 1 heterocycles. The third-order valence-electron chi connectivity index (χ3n) is 3.14. The van der Waals surface area contributed by atoms with Crippen LogP contribution < -0.4 is 11.1 Å². The molecule has 0 aromatic carbocycles. The Morgan fingerprint density at radius 3 is 2.25 bits per heavy atom. The van der Waals surface area contributed by atoms with Gasteiger partial charge in [-0.05, 0) is 24.7 Å². The summed E-state index contributed by atoms with van der Waals surface area (Å²) in [6, 6.07) is 0.625. The van der Waals surface area contributed by atoms with Gasteiger partial charge < -0.3 is 11.1 Å². The maximum absolute atomic E-state index is 5.57. The van der Waals surface area contributed by atoms with Crippen molar-refractivity contribution in [2.75, 3.05) is 13.1 Å². The smallest absolute Gasteiger partial charge is 0.0196 e. The Morgan fingerprint density at radius 1 is 1.33 bits per heavy atom. The SMILES string of the molecule is Cl.Cl.NCC1CC2(CCC2)CN1. The zero-order chi connectivity index (χ0) is 7.03. The molecule has 74 valence electrons. The van der Waals surface area contributed by atoms with E-state index in [1.165, 1.54) is 32.2 Å². The first-order valence-electron chi connectivity index (χ1n) is 4.28. The fourth-order valence-electron chi connectivity index (χ4n) is 2.25. The first-order valence-corrected chi connectivity index (χ1v) is 4.28. The highest BCUT2D eigenvalue weighted by molar-refractivity contribution is 5.85. The monoisotopic (exact) mass is 212 g/mol. The standard InChI is InChI=1S/C8H16N2.2ClH/c9-5-7-4-8(6-10-7)2-1-3-8;;/h7,10H,1-6,9H2;2*1H. The molecule has 1 aliphatic carbocycles. The molecule has 1 saturated carbocycles. The summed E-state index contributed by atoms with van der Waals surface area (Å²) < 4.78 is 0. The second-order valence-corrected chi connectivity index (χ2v) is 3.87. The highest BCUT2D eigenvalue weighted by Gasteiger charge is 2.42. The zero-order valence-corrected chi connectivity index (χ0v) is 8.85. The van der Waals surface area contributed by atoms with Crippen LogP contribution in [0.5, 0.6) is 0 Å². The van der Waals surface area contributed by atoms with Gasteiger partial charge >= 0.3 is 0 Å². The summed E-state index contributed by atoms with van der Waals surface area (Å²) in [6.07, 6.45) is 5.66. The number of hydrogen-bond acceptors (Lipinski definition) is 2. The van der Waals surface area contributed by atoms with E-state index < -0.39 is 0 Å². The third-order valence-corrected chi connectivity index (χ3v) is 3.14. The number of nitrogens with one attached hydrogen (secondary N) is 1. The van der Waals surface area contributed by atoms with Gasteiger partial charge in [0.1, 0.15) is 0 Å². The fraction of sp³-hybridized carbons (Fsp3) is 1.00. The normalized spacial score (nSPS) is 30.2. The molecule has 0 amide bonds. The van der Waals surface area contributed by atoms with Gasteiger partial charge in [0.2, 0.25) is 0 Å². The van der Waals surface area contributed by atoms with Gasteiger partial charge in [-0.15, -0.1) is 24.8 Å². The summed E-state index contributed by atoms with van der Waals surface area (Å²) >= 11 is 0. The lowest BCUT2D eigenvalue weighted by Gasteiger charge is -2.37. The summed E-state index contributed by atoms with van der Waals surface area (Å²) in [5, 5.41) is 3.47. The Balaban J connectivity index is 0.000000605. The molecule has 1 atom stereocenters. The van der Waals surface area contributed by atoms with E-state index in [-0.39, 0.29) is 24.8 Å². The predicted octanol–water partition coefficient (Wildman–Crippen LogP) is 1.32. The molecule has 4 heteroatoms. The van der Waals surface area contributed by atoms with Crippen molar-refractivity contribution in [3.05, 3.63) is 0 Å². The molecule has 0 radical (unpaired) electrons.